The lowest BCUT2D eigenvalue weighted by Crippen LogP contribution is -2.24. The standard InChI is InChI=1S/C18H18N2O5Si/c1-26(2,3)9-8-10-4-6-11(7-5-10)12-13(17(22)23)15(19)20-16(21)14(12)18(24)25/h4-7H,1-3H3,(H,22,23)(H,24,25)(H3,19,20,21). The van der Waals surface area contributed by atoms with Crippen molar-refractivity contribution in [1.82, 2.24) is 4.98 Å². The summed E-state index contributed by atoms with van der Waals surface area (Å²) in [4.78, 5) is 37.2. The highest BCUT2D eigenvalue weighted by atomic mass is 28.3. The Morgan fingerprint density at radius 3 is 2.04 bits per heavy atom. The predicted octanol–water partition coefficient (Wildman–Crippen LogP) is 2.25. The summed E-state index contributed by atoms with van der Waals surface area (Å²) < 4.78 is 0. The zero-order valence-electron chi connectivity index (χ0n) is 14.5. The summed E-state index contributed by atoms with van der Waals surface area (Å²) in [5.41, 5.74) is 7.47. The van der Waals surface area contributed by atoms with Crippen molar-refractivity contribution in [3.8, 4) is 22.6 Å². The van der Waals surface area contributed by atoms with Gasteiger partial charge in [-0.15, -0.1) is 5.54 Å². The molecule has 26 heavy (non-hydrogen) atoms. The molecule has 0 saturated heterocycles. The number of aromatic nitrogens is 1. The molecule has 0 spiro atoms. The maximum atomic E-state index is 12.0. The first-order valence-electron chi connectivity index (χ1n) is 7.67. The molecule has 1 heterocycles. The number of aromatic amines is 1. The van der Waals surface area contributed by atoms with Crippen molar-refractivity contribution in [2.24, 2.45) is 0 Å². The van der Waals surface area contributed by atoms with Gasteiger partial charge in [0.05, 0.1) is 0 Å². The Kier molecular flexibility index (Phi) is 5.04. The van der Waals surface area contributed by atoms with Crippen molar-refractivity contribution in [3.63, 3.8) is 0 Å². The van der Waals surface area contributed by atoms with Gasteiger partial charge in [0.1, 0.15) is 25.0 Å². The molecule has 8 heteroatoms. The highest BCUT2D eigenvalue weighted by Gasteiger charge is 2.26. The van der Waals surface area contributed by atoms with E-state index in [0.29, 0.717) is 5.56 Å². The summed E-state index contributed by atoms with van der Waals surface area (Å²) in [5.74, 6) is -0.318. The number of hydrogen-bond acceptors (Lipinski definition) is 4. The zero-order valence-corrected chi connectivity index (χ0v) is 15.5. The minimum atomic E-state index is -1.56. The third-order valence-electron chi connectivity index (χ3n) is 3.43. The van der Waals surface area contributed by atoms with Crippen molar-refractivity contribution in [2.75, 3.05) is 5.73 Å². The maximum absolute atomic E-state index is 12.0. The van der Waals surface area contributed by atoms with Crippen molar-refractivity contribution < 1.29 is 19.8 Å². The summed E-state index contributed by atoms with van der Waals surface area (Å²) in [6.07, 6.45) is 0. The van der Waals surface area contributed by atoms with E-state index in [-0.39, 0.29) is 11.1 Å². The molecule has 0 fully saturated rings. The van der Waals surface area contributed by atoms with Gasteiger partial charge in [-0.05, 0) is 17.7 Å². The third kappa shape index (κ3) is 4.02. The number of carbonyl (C=O) groups is 2. The quantitative estimate of drug-likeness (QED) is 0.484. The van der Waals surface area contributed by atoms with Gasteiger partial charge in [-0.3, -0.25) is 4.79 Å². The van der Waals surface area contributed by atoms with Crippen molar-refractivity contribution >= 4 is 25.8 Å². The van der Waals surface area contributed by atoms with E-state index in [1.807, 2.05) is 0 Å². The molecule has 0 radical (unpaired) electrons. The Hall–Kier alpha value is -3.31. The van der Waals surface area contributed by atoms with E-state index in [9.17, 15) is 24.6 Å². The molecule has 2 aromatic rings. The fourth-order valence-corrected chi connectivity index (χ4v) is 2.83. The molecule has 0 bridgehead atoms. The maximum Gasteiger partial charge on any atom is 0.342 e. The molecule has 2 rings (SSSR count). The number of nitrogens with one attached hydrogen (secondary N) is 1. The number of rotatable bonds is 3. The first-order chi connectivity index (χ1) is 12.0. The Balaban J connectivity index is 2.71. The van der Waals surface area contributed by atoms with Crippen molar-refractivity contribution in [2.45, 2.75) is 19.6 Å². The average Bonchev–Trinajstić information content (AvgIpc) is 2.51. The number of pyridine rings is 1. The normalized spacial score (nSPS) is 10.7. The van der Waals surface area contributed by atoms with Crippen LogP contribution in [0.15, 0.2) is 29.1 Å². The van der Waals surface area contributed by atoms with Gasteiger partial charge in [0.2, 0.25) is 0 Å². The third-order valence-corrected chi connectivity index (χ3v) is 4.30. The first kappa shape index (κ1) is 19.0. The van der Waals surface area contributed by atoms with Crippen molar-refractivity contribution in [3.05, 3.63) is 51.3 Å². The summed E-state index contributed by atoms with van der Waals surface area (Å²) >= 11 is 0. The van der Waals surface area contributed by atoms with Crippen LogP contribution in [-0.2, 0) is 0 Å². The SMILES string of the molecule is C[Si](C)(C)C#Cc1ccc(-c2c(C(=O)O)c(N)[nH]c(=O)c2C(=O)O)cc1. The lowest BCUT2D eigenvalue weighted by molar-refractivity contribution is 0.0695. The number of anilines is 1. The zero-order chi connectivity index (χ0) is 19.6. The summed E-state index contributed by atoms with van der Waals surface area (Å²) in [7, 11) is -1.56. The average molecular weight is 370 g/mol. The second-order valence-electron chi connectivity index (χ2n) is 6.68. The molecule has 1 aromatic heterocycles. The van der Waals surface area contributed by atoms with Crippen LogP contribution in [-0.4, -0.2) is 35.2 Å². The molecule has 0 aliphatic carbocycles. The summed E-state index contributed by atoms with van der Waals surface area (Å²) in [6, 6.07) is 6.36. The second kappa shape index (κ2) is 6.90. The lowest BCUT2D eigenvalue weighted by Gasteiger charge is -2.12. The number of H-pyrrole nitrogens is 1. The first-order valence-corrected chi connectivity index (χ1v) is 11.2. The fourth-order valence-electron chi connectivity index (χ4n) is 2.32. The summed E-state index contributed by atoms with van der Waals surface area (Å²) in [6.45, 7) is 6.31. The summed E-state index contributed by atoms with van der Waals surface area (Å²) in [5, 5.41) is 18.8. The molecule has 0 saturated carbocycles. The molecule has 5 N–H and O–H groups in total. The van der Waals surface area contributed by atoms with E-state index in [4.69, 9.17) is 5.73 Å². The van der Waals surface area contributed by atoms with E-state index in [1.54, 1.807) is 12.1 Å². The Morgan fingerprint density at radius 1 is 1.04 bits per heavy atom. The van der Waals surface area contributed by atoms with E-state index < -0.39 is 42.5 Å². The van der Waals surface area contributed by atoms with Crippen LogP contribution in [0.1, 0.15) is 26.3 Å². The van der Waals surface area contributed by atoms with Gasteiger partial charge in [-0.2, -0.15) is 0 Å². The molecule has 0 aliphatic heterocycles. The highest BCUT2D eigenvalue weighted by molar-refractivity contribution is 6.83. The largest absolute Gasteiger partial charge is 0.478 e. The van der Waals surface area contributed by atoms with Crippen LogP contribution >= 0.6 is 0 Å². The van der Waals surface area contributed by atoms with Crippen LogP contribution in [0.4, 0.5) is 5.82 Å². The van der Waals surface area contributed by atoms with E-state index in [0.717, 1.165) is 0 Å². The fraction of sp³-hybridized carbons (Fsp3) is 0.167. The molecule has 0 amide bonds. The molecule has 0 unspecified atom stereocenters. The Bertz CT molecular complexity index is 1010. The number of carboxylic acids is 2. The molecule has 0 aliphatic rings. The van der Waals surface area contributed by atoms with Crippen LogP contribution in [0.3, 0.4) is 0 Å². The van der Waals surface area contributed by atoms with Crippen LogP contribution in [0, 0.1) is 11.5 Å². The van der Waals surface area contributed by atoms with E-state index in [1.165, 1.54) is 12.1 Å². The van der Waals surface area contributed by atoms with Gasteiger partial charge in [-0.1, -0.05) is 37.7 Å². The predicted molar refractivity (Wildman–Crippen MR) is 101 cm³/mol. The molecular formula is C18H18N2O5Si. The number of hydrogen-bond donors (Lipinski definition) is 4. The number of nitrogens with two attached hydrogens (primary N) is 1. The van der Waals surface area contributed by atoms with E-state index in [2.05, 4.69) is 36.1 Å². The lowest BCUT2D eigenvalue weighted by atomic mass is 9.95. The molecule has 0 atom stereocenters. The van der Waals surface area contributed by atoms with Gasteiger partial charge in [0.25, 0.3) is 5.56 Å². The Labute approximate surface area is 150 Å². The minimum Gasteiger partial charge on any atom is -0.478 e. The van der Waals surface area contributed by atoms with Crippen LogP contribution in [0.2, 0.25) is 19.6 Å². The number of nitrogen functional groups attached to an aromatic ring is 1. The Morgan fingerprint density at radius 2 is 1.58 bits per heavy atom. The van der Waals surface area contributed by atoms with Crippen LogP contribution in [0.25, 0.3) is 11.1 Å². The highest BCUT2D eigenvalue weighted by Crippen LogP contribution is 2.29. The molecule has 1 aromatic carbocycles. The molecular weight excluding hydrogens is 352 g/mol. The number of aromatic carboxylic acids is 2. The van der Waals surface area contributed by atoms with Crippen LogP contribution < -0.4 is 11.3 Å². The van der Waals surface area contributed by atoms with Crippen LogP contribution in [0.5, 0.6) is 0 Å². The minimum absolute atomic E-state index is 0.226. The number of carboxylic acid groups (broad SMARTS) is 2. The number of benzene rings is 1. The van der Waals surface area contributed by atoms with Gasteiger partial charge in [0.15, 0.2) is 0 Å². The van der Waals surface area contributed by atoms with Gasteiger partial charge < -0.3 is 20.9 Å². The topological polar surface area (TPSA) is 133 Å². The van der Waals surface area contributed by atoms with Gasteiger partial charge in [0, 0.05) is 11.1 Å². The smallest absolute Gasteiger partial charge is 0.342 e. The molecule has 134 valence electrons. The molecule has 7 nitrogen and oxygen atoms in total. The van der Waals surface area contributed by atoms with Gasteiger partial charge >= 0.3 is 11.9 Å². The van der Waals surface area contributed by atoms with Gasteiger partial charge in [-0.25, -0.2) is 9.59 Å². The van der Waals surface area contributed by atoms with Crippen molar-refractivity contribution in [1.29, 1.82) is 0 Å². The second-order valence-corrected chi connectivity index (χ2v) is 11.4. The van der Waals surface area contributed by atoms with E-state index >= 15 is 0 Å². The monoisotopic (exact) mass is 370 g/mol.